The van der Waals surface area contributed by atoms with Gasteiger partial charge in [-0.3, -0.25) is 19.8 Å². The van der Waals surface area contributed by atoms with E-state index in [1.807, 2.05) is 19.1 Å². The number of nitrogens with one attached hydrogen (secondary N) is 1. The van der Waals surface area contributed by atoms with E-state index in [0.29, 0.717) is 17.0 Å². The minimum atomic E-state index is -1.08. The summed E-state index contributed by atoms with van der Waals surface area (Å²) >= 11 is 5.20. The van der Waals surface area contributed by atoms with E-state index in [1.54, 1.807) is 36.4 Å². The predicted octanol–water partition coefficient (Wildman–Crippen LogP) is 2.93. The lowest BCUT2D eigenvalue weighted by molar-refractivity contribution is -0.144. The molecule has 2 N–H and O–H groups in total. The highest BCUT2D eigenvalue weighted by atomic mass is 32.1. The molecular formula is C22H20N2O5S. The standard InChI is InChI=1S/C22H20N2O5S/c1-3-14-4-8-16(9-5-14)24-20(26)18(19(25)23-22(24)30)12-15-6-10-17(11-7-15)29-13(2)21(27)28/h4-13H,3H2,1-2H3,(H,27,28)(H,23,25,30)/b18-12+. The number of ether oxygens (including phenoxy) is 1. The van der Waals surface area contributed by atoms with Gasteiger partial charge in [-0.05, 0) is 67.0 Å². The van der Waals surface area contributed by atoms with Gasteiger partial charge in [-0.15, -0.1) is 0 Å². The van der Waals surface area contributed by atoms with Crippen LogP contribution in [0.25, 0.3) is 6.08 Å². The highest BCUT2D eigenvalue weighted by Gasteiger charge is 2.34. The van der Waals surface area contributed by atoms with E-state index in [9.17, 15) is 14.4 Å². The number of carbonyl (C=O) groups is 3. The third-order valence-corrected chi connectivity index (χ3v) is 4.84. The molecule has 1 atom stereocenters. The van der Waals surface area contributed by atoms with Crippen molar-refractivity contribution in [3.05, 3.63) is 65.2 Å². The van der Waals surface area contributed by atoms with Gasteiger partial charge in [-0.2, -0.15) is 0 Å². The van der Waals surface area contributed by atoms with Crippen LogP contribution in [-0.2, 0) is 20.8 Å². The molecule has 3 rings (SSSR count). The molecule has 154 valence electrons. The van der Waals surface area contributed by atoms with Crippen LogP contribution in [0.4, 0.5) is 5.69 Å². The topological polar surface area (TPSA) is 95.9 Å². The molecule has 2 amide bonds. The molecule has 2 aromatic rings. The molecule has 0 bridgehead atoms. The van der Waals surface area contributed by atoms with Gasteiger partial charge >= 0.3 is 5.97 Å². The monoisotopic (exact) mass is 424 g/mol. The number of thiocarbonyl (C=S) groups is 1. The molecule has 0 aliphatic carbocycles. The largest absolute Gasteiger partial charge is 0.479 e. The Kier molecular flexibility index (Phi) is 6.27. The number of aliphatic carboxylic acids is 1. The molecule has 7 nitrogen and oxygen atoms in total. The molecule has 0 radical (unpaired) electrons. The average Bonchev–Trinajstić information content (AvgIpc) is 2.72. The summed E-state index contributed by atoms with van der Waals surface area (Å²) in [5.41, 5.74) is 2.21. The van der Waals surface area contributed by atoms with Crippen molar-refractivity contribution in [3.8, 4) is 5.75 Å². The first-order valence-corrected chi connectivity index (χ1v) is 9.71. The SMILES string of the molecule is CCc1ccc(N2C(=O)/C(=C/c3ccc(OC(C)C(=O)O)cc3)C(=O)NC2=S)cc1. The third kappa shape index (κ3) is 4.55. The van der Waals surface area contributed by atoms with Crippen LogP contribution in [0.5, 0.6) is 5.75 Å². The van der Waals surface area contributed by atoms with Gasteiger partial charge in [0.15, 0.2) is 11.2 Å². The summed E-state index contributed by atoms with van der Waals surface area (Å²) in [5, 5.41) is 11.5. The summed E-state index contributed by atoms with van der Waals surface area (Å²) in [6.07, 6.45) is 1.33. The summed E-state index contributed by atoms with van der Waals surface area (Å²) in [6.45, 7) is 3.46. The van der Waals surface area contributed by atoms with E-state index in [4.69, 9.17) is 22.1 Å². The fraction of sp³-hybridized carbons (Fsp3) is 0.182. The summed E-state index contributed by atoms with van der Waals surface area (Å²) in [5.74, 6) is -1.81. The van der Waals surface area contributed by atoms with Crippen molar-refractivity contribution < 1.29 is 24.2 Å². The Morgan fingerprint density at radius 3 is 2.37 bits per heavy atom. The van der Waals surface area contributed by atoms with Crippen molar-refractivity contribution in [3.63, 3.8) is 0 Å². The first kappa shape index (κ1) is 21.2. The first-order chi connectivity index (χ1) is 14.3. The zero-order valence-corrected chi connectivity index (χ0v) is 17.2. The Bertz CT molecular complexity index is 1030. The van der Waals surface area contributed by atoms with Crippen LogP contribution in [0.2, 0.25) is 0 Å². The second kappa shape index (κ2) is 8.87. The maximum atomic E-state index is 13.0. The smallest absolute Gasteiger partial charge is 0.344 e. The van der Waals surface area contributed by atoms with Crippen molar-refractivity contribution in [1.82, 2.24) is 5.32 Å². The van der Waals surface area contributed by atoms with Crippen LogP contribution in [0.15, 0.2) is 54.1 Å². The second-order valence-electron chi connectivity index (χ2n) is 6.65. The van der Waals surface area contributed by atoms with E-state index in [0.717, 1.165) is 12.0 Å². The normalized spacial score (nSPS) is 16.4. The Morgan fingerprint density at radius 2 is 1.80 bits per heavy atom. The molecule has 1 fully saturated rings. The fourth-order valence-corrected chi connectivity index (χ4v) is 3.12. The van der Waals surface area contributed by atoms with Gasteiger partial charge in [0.1, 0.15) is 11.3 Å². The lowest BCUT2D eigenvalue weighted by Crippen LogP contribution is -2.54. The van der Waals surface area contributed by atoms with Crippen molar-refractivity contribution in [1.29, 1.82) is 0 Å². The number of carbonyl (C=O) groups excluding carboxylic acids is 2. The van der Waals surface area contributed by atoms with Crippen LogP contribution in [-0.4, -0.2) is 34.1 Å². The van der Waals surface area contributed by atoms with Crippen molar-refractivity contribution in [2.45, 2.75) is 26.4 Å². The molecule has 1 heterocycles. The van der Waals surface area contributed by atoms with Gasteiger partial charge in [0.05, 0.1) is 5.69 Å². The van der Waals surface area contributed by atoms with Crippen LogP contribution < -0.4 is 15.0 Å². The van der Waals surface area contributed by atoms with Gasteiger partial charge in [0, 0.05) is 0 Å². The summed E-state index contributed by atoms with van der Waals surface area (Å²) in [4.78, 5) is 37.6. The predicted molar refractivity (Wildman–Crippen MR) is 116 cm³/mol. The average molecular weight is 424 g/mol. The van der Waals surface area contributed by atoms with E-state index < -0.39 is 23.9 Å². The highest BCUT2D eigenvalue weighted by Crippen LogP contribution is 2.23. The number of nitrogens with zero attached hydrogens (tertiary/aromatic N) is 1. The molecule has 1 aliphatic rings. The molecule has 0 spiro atoms. The number of rotatable bonds is 6. The Hall–Kier alpha value is -3.52. The van der Waals surface area contributed by atoms with E-state index in [2.05, 4.69) is 5.32 Å². The molecule has 1 saturated heterocycles. The van der Waals surface area contributed by atoms with Crippen LogP contribution in [0, 0.1) is 0 Å². The summed E-state index contributed by atoms with van der Waals surface area (Å²) < 4.78 is 5.28. The zero-order chi connectivity index (χ0) is 21.8. The Balaban J connectivity index is 1.85. The third-order valence-electron chi connectivity index (χ3n) is 4.56. The van der Waals surface area contributed by atoms with Gasteiger partial charge in [0.2, 0.25) is 0 Å². The summed E-state index contributed by atoms with van der Waals surface area (Å²) in [7, 11) is 0. The maximum absolute atomic E-state index is 13.0. The van der Waals surface area contributed by atoms with Gasteiger partial charge in [0.25, 0.3) is 11.8 Å². The minimum absolute atomic E-state index is 0.0257. The minimum Gasteiger partial charge on any atom is -0.479 e. The number of aryl methyl sites for hydroxylation is 1. The molecule has 8 heteroatoms. The fourth-order valence-electron chi connectivity index (χ4n) is 2.84. The lowest BCUT2D eigenvalue weighted by atomic mass is 10.1. The zero-order valence-electron chi connectivity index (χ0n) is 16.4. The number of hydrogen-bond acceptors (Lipinski definition) is 5. The van der Waals surface area contributed by atoms with Crippen molar-refractivity contribution in [2.24, 2.45) is 0 Å². The van der Waals surface area contributed by atoms with Crippen molar-refractivity contribution >= 4 is 46.9 Å². The van der Waals surface area contributed by atoms with E-state index >= 15 is 0 Å². The summed E-state index contributed by atoms with van der Waals surface area (Å²) in [6, 6.07) is 13.8. The molecule has 0 aromatic heterocycles. The number of hydrogen-bond donors (Lipinski definition) is 2. The number of amides is 2. The Morgan fingerprint density at radius 1 is 1.17 bits per heavy atom. The van der Waals surface area contributed by atoms with Crippen LogP contribution in [0.3, 0.4) is 0 Å². The molecule has 0 saturated carbocycles. The van der Waals surface area contributed by atoms with Gasteiger partial charge < -0.3 is 9.84 Å². The number of anilines is 1. The maximum Gasteiger partial charge on any atom is 0.344 e. The van der Waals surface area contributed by atoms with E-state index in [-0.39, 0.29) is 10.7 Å². The van der Waals surface area contributed by atoms with Crippen molar-refractivity contribution in [2.75, 3.05) is 4.90 Å². The number of benzene rings is 2. The van der Waals surface area contributed by atoms with Crippen LogP contribution in [0.1, 0.15) is 25.0 Å². The highest BCUT2D eigenvalue weighted by molar-refractivity contribution is 7.80. The second-order valence-corrected chi connectivity index (χ2v) is 7.03. The Labute approximate surface area is 179 Å². The first-order valence-electron chi connectivity index (χ1n) is 9.30. The number of carboxylic acids is 1. The van der Waals surface area contributed by atoms with Gasteiger partial charge in [-0.25, -0.2) is 4.79 Å². The molecule has 2 aromatic carbocycles. The molecule has 1 aliphatic heterocycles. The van der Waals surface area contributed by atoms with Gasteiger partial charge in [-0.1, -0.05) is 31.2 Å². The van der Waals surface area contributed by atoms with E-state index in [1.165, 1.54) is 17.9 Å². The van der Waals surface area contributed by atoms with Crippen LogP contribution >= 0.6 is 12.2 Å². The number of carboxylic acid groups (broad SMARTS) is 1. The molecular weight excluding hydrogens is 404 g/mol. The lowest BCUT2D eigenvalue weighted by Gasteiger charge is -2.29. The molecule has 30 heavy (non-hydrogen) atoms. The molecule has 1 unspecified atom stereocenters. The quantitative estimate of drug-likeness (QED) is 0.421.